The fourth-order valence-corrected chi connectivity index (χ4v) is 1.61. The molecule has 0 aliphatic heterocycles. The Hall–Kier alpha value is -0.900. The van der Waals surface area contributed by atoms with Crippen molar-refractivity contribution in [3.05, 3.63) is 12.1 Å². The monoisotopic (exact) mass is 198 g/mol. The molecule has 0 unspecified atom stereocenters. The average Bonchev–Trinajstić information content (AvgIpc) is 2.16. The Morgan fingerprint density at radius 3 is 2.92 bits per heavy atom. The zero-order valence-corrected chi connectivity index (χ0v) is 8.73. The second-order valence-electron chi connectivity index (χ2n) is 2.60. The Balaban J connectivity index is 2.74. The highest BCUT2D eigenvalue weighted by Gasteiger charge is 2.02. The quantitative estimate of drug-likeness (QED) is 0.753. The van der Waals surface area contributed by atoms with Crippen LogP contribution in [-0.2, 0) is 0 Å². The predicted octanol–water partition coefficient (Wildman–Crippen LogP) is 2.17. The average molecular weight is 198 g/mol. The molecule has 1 aromatic rings. The van der Waals surface area contributed by atoms with Gasteiger partial charge in [-0.25, -0.2) is 4.98 Å². The smallest absolute Gasteiger partial charge is 0.237 e. The number of nitrogens with zero attached hydrogens (tertiary/aromatic N) is 1. The highest BCUT2D eigenvalue weighted by molar-refractivity contribution is 7.99. The van der Waals surface area contributed by atoms with E-state index in [1.54, 1.807) is 18.9 Å². The summed E-state index contributed by atoms with van der Waals surface area (Å²) >= 11 is 1.71. The summed E-state index contributed by atoms with van der Waals surface area (Å²) in [6.07, 6.45) is 1.14. The minimum absolute atomic E-state index is 0.515. The van der Waals surface area contributed by atoms with E-state index in [1.807, 2.05) is 12.1 Å². The van der Waals surface area contributed by atoms with Crippen LogP contribution in [0.2, 0.25) is 0 Å². The highest BCUT2D eigenvalue weighted by Crippen LogP contribution is 2.23. The van der Waals surface area contributed by atoms with Gasteiger partial charge in [0.15, 0.2) is 0 Å². The van der Waals surface area contributed by atoms with Crippen LogP contribution in [0.4, 0.5) is 5.69 Å². The number of methoxy groups -OCH3 is 1. The maximum absolute atomic E-state index is 5.63. The molecule has 0 spiro atoms. The van der Waals surface area contributed by atoms with Crippen molar-refractivity contribution in [2.75, 3.05) is 18.6 Å². The maximum Gasteiger partial charge on any atom is 0.237 e. The molecule has 0 amide bonds. The van der Waals surface area contributed by atoms with E-state index in [0.717, 1.165) is 17.2 Å². The summed E-state index contributed by atoms with van der Waals surface area (Å²) in [6.45, 7) is 2.14. The van der Waals surface area contributed by atoms with Gasteiger partial charge < -0.3 is 10.5 Å². The largest absolute Gasteiger partial charge is 0.480 e. The standard InChI is InChI=1S/C9H14N2OS/c1-3-6-13-8-5-4-7(10)9(11-8)12-2/h4-5H,3,6,10H2,1-2H3. The van der Waals surface area contributed by atoms with Gasteiger partial charge in [-0.3, -0.25) is 0 Å². The Bertz CT molecular complexity index is 278. The molecule has 0 aliphatic carbocycles. The van der Waals surface area contributed by atoms with E-state index in [2.05, 4.69) is 11.9 Å². The lowest BCUT2D eigenvalue weighted by atomic mass is 10.4. The number of rotatable bonds is 4. The molecule has 0 bridgehead atoms. The predicted molar refractivity (Wildman–Crippen MR) is 56.2 cm³/mol. The van der Waals surface area contributed by atoms with E-state index in [-0.39, 0.29) is 0 Å². The first-order valence-electron chi connectivity index (χ1n) is 4.21. The third-order valence-electron chi connectivity index (χ3n) is 1.51. The van der Waals surface area contributed by atoms with Gasteiger partial charge in [0, 0.05) is 0 Å². The Kier molecular flexibility index (Phi) is 3.89. The summed E-state index contributed by atoms with van der Waals surface area (Å²) in [4.78, 5) is 4.24. The molecule has 0 aromatic carbocycles. The van der Waals surface area contributed by atoms with Crippen molar-refractivity contribution in [3.63, 3.8) is 0 Å². The number of hydrogen-bond acceptors (Lipinski definition) is 4. The molecular weight excluding hydrogens is 184 g/mol. The van der Waals surface area contributed by atoms with E-state index in [1.165, 1.54) is 0 Å². The van der Waals surface area contributed by atoms with Crippen LogP contribution in [-0.4, -0.2) is 17.8 Å². The lowest BCUT2D eigenvalue weighted by Gasteiger charge is -2.04. The van der Waals surface area contributed by atoms with Gasteiger partial charge in [0.2, 0.25) is 5.88 Å². The molecule has 1 rings (SSSR count). The number of pyridine rings is 1. The topological polar surface area (TPSA) is 48.1 Å². The van der Waals surface area contributed by atoms with Gasteiger partial charge in [-0.2, -0.15) is 0 Å². The van der Waals surface area contributed by atoms with Crippen LogP contribution in [0, 0.1) is 0 Å². The minimum atomic E-state index is 0.515. The summed E-state index contributed by atoms with van der Waals surface area (Å²) in [5, 5.41) is 0.966. The number of ether oxygens (including phenoxy) is 1. The lowest BCUT2D eigenvalue weighted by Crippen LogP contribution is -1.95. The van der Waals surface area contributed by atoms with E-state index >= 15 is 0 Å². The number of aromatic nitrogens is 1. The van der Waals surface area contributed by atoms with E-state index in [0.29, 0.717) is 11.6 Å². The maximum atomic E-state index is 5.63. The van der Waals surface area contributed by atoms with Gasteiger partial charge in [-0.05, 0) is 24.3 Å². The van der Waals surface area contributed by atoms with Crippen LogP contribution < -0.4 is 10.5 Å². The molecule has 1 heterocycles. The third-order valence-corrected chi connectivity index (χ3v) is 2.65. The van der Waals surface area contributed by atoms with E-state index in [9.17, 15) is 0 Å². The van der Waals surface area contributed by atoms with Gasteiger partial charge in [0.25, 0.3) is 0 Å². The van der Waals surface area contributed by atoms with Gasteiger partial charge in [0.1, 0.15) is 5.03 Å². The molecule has 0 aliphatic rings. The zero-order valence-electron chi connectivity index (χ0n) is 7.91. The molecule has 4 heteroatoms. The second-order valence-corrected chi connectivity index (χ2v) is 3.71. The normalized spacial score (nSPS) is 10.0. The first-order valence-corrected chi connectivity index (χ1v) is 5.19. The van der Waals surface area contributed by atoms with Gasteiger partial charge in [0.05, 0.1) is 12.8 Å². The van der Waals surface area contributed by atoms with Crippen molar-refractivity contribution < 1.29 is 4.74 Å². The lowest BCUT2D eigenvalue weighted by molar-refractivity contribution is 0.397. The molecule has 2 N–H and O–H groups in total. The fourth-order valence-electron chi connectivity index (χ4n) is 0.885. The molecule has 0 saturated carbocycles. The van der Waals surface area contributed by atoms with Crippen molar-refractivity contribution in [2.45, 2.75) is 18.4 Å². The van der Waals surface area contributed by atoms with Crippen LogP contribution in [0.25, 0.3) is 0 Å². The van der Waals surface area contributed by atoms with Crippen molar-refractivity contribution in [1.29, 1.82) is 0 Å². The number of nitrogens with two attached hydrogens (primary N) is 1. The first-order chi connectivity index (χ1) is 6.27. The SMILES string of the molecule is CCCSc1ccc(N)c(OC)n1. The molecule has 72 valence electrons. The summed E-state index contributed by atoms with van der Waals surface area (Å²) in [7, 11) is 1.58. The summed E-state index contributed by atoms with van der Waals surface area (Å²) in [5.74, 6) is 1.58. The number of thioether (sulfide) groups is 1. The van der Waals surface area contributed by atoms with E-state index in [4.69, 9.17) is 10.5 Å². The summed E-state index contributed by atoms with van der Waals surface area (Å²) in [6, 6.07) is 3.74. The van der Waals surface area contributed by atoms with Crippen LogP contribution in [0.15, 0.2) is 17.2 Å². The Morgan fingerprint density at radius 1 is 1.54 bits per heavy atom. The molecule has 13 heavy (non-hydrogen) atoms. The molecule has 0 atom stereocenters. The van der Waals surface area contributed by atoms with Crippen LogP contribution in [0.1, 0.15) is 13.3 Å². The minimum Gasteiger partial charge on any atom is -0.480 e. The van der Waals surface area contributed by atoms with Crippen molar-refractivity contribution >= 4 is 17.4 Å². The number of nitrogen functional groups attached to an aromatic ring is 1. The first kappa shape index (κ1) is 10.2. The highest BCUT2D eigenvalue weighted by atomic mass is 32.2. The zero-order chi connectivity index (χ0) is 9.68. The third kappa shape index (κ3) is 2.81. The Morgan fingerprint density at radius 2 is 2.31 bits per heavy atom. The number of anilines is 1. The van der Waals surface area contributed by atoms with Crippen molar-refractivity contribution in [1.82, 2.24) is 4.98 Å². The van der Waals surface area contributed by atoms with Crippen LogP contribution >= 0.6 is 11.8 Å². The second kappa shape index (κ2) is 4.97. The molecule has 1 aromatic heterocycles. The van der Waals surface area contributed by atoms with Gasteiger partial charge in [-0.1, -0.05) is 6.92 Å². The van der Waals surface area contributed by atoms with Crippen molar-refractivity contribution in [2.24, 2.45) is 0 Å². The van der Waals surface area contributed by atoms with Crippen molar-refractivity contribution in [3.8, 4) is 5.88 Å². The molecule has 0 radical (unpaired) electrons. The molecule has 0 fully saturated rings. The molecular formula is C9H14N2OS. The fraction of sp³-hybridized carbons (Fsp3) is 0.444. The van der Waals surface area contributed by atoms with Gasteiger partial charge >= 0.3 is 0 Å². The van der Waals surface area contributed by atoms with E-state index < -0.39 is 0 Å². The van der Waals surface area contributed by atoms with Gasteiger partial charge in [-0.15, -0.1) is 11.8 Å². The molecule has 3 nitrogen and oxygen atoms in total. The Labute approximate surface area is 82.7 Å². The summed E-state index contributed by atoms with van der Waals surface area (Å²) in [5.41, 5.74) is 6.22. The van der Waals surface area contributed by atoms with Crippen LogP contribution in [0.5, 0.6) is 5.88 Å². The summed E-state index contributed by atoms with van der Waals surface area (Å²) < 4.78 is 5.02. The van der Waals surface area contributed by atoms with Crippen LogP contribution in [0.3, 0.4) is 0 Å². The molecule has 0 saturated heterocycles. The number of hydrogen-bond donors (Lipinski definition) is 1.